The van der Waals surface area contributed by atoms with Crippen LogP contribution in [-0.4, -0.2) is 38.1 Å². The quantitative estimate of drug-likeness (QED) is 0.865. The van der Waals surface area contributed by atoms with Gasteiger partial charge in [-0.05, 0) is 40.0 Å². The number of benzene rings is 1. The zero-order valence-electron chi connectivity index (χ0n) is 11.8. The second-order valence-electron chi connectivity index (χ2n) is 5.65. The molecular formula is C15H20BrNO4. The standard InChI is InChI=1S/C15H20BrNO4/c16-11-6-10(7-12-13(11)21-4-1-3-20-12)14(18)15(8-17)2-5-19-9-15/h6-7,14,18H,1-5,8-9,17H2. The SMILES string of the molecule is NCC1(C(O)c2cc(Br)c3c(c2)OCCCO3)CCOC1. The molecule has 1 aromatic rings. The summed E-state index contributed by atoms with van der Waals surface area (Å²) in [6.45, 7) is 2.76. The molecule has 1 saturated heterocycles. The molecule has 0 amide bonds. The van der Waals surface area contributed by atoms with Crippen LogP contribution in [0, 0.1) is 5.41 Å². The maximum absolute atomic E-state index is 10.8. The summed E-state index contributed by atoms with van der Waals surface area (Å²) in [6.07, 6.45) is 0.925. The van der Waals surface area contributed by atoms with Crippen LogP contribution in [0.4, 0.5) is 0 Å². The van der Waals surface area contributed by atoms with E-state index < -0.39 is 11.5 Å². The van der Waals surface area contributed by atoms with Gasteiger partial charge < -0.3 is 25.1 Å². The normalized spacial score (nSPS) is 26.4. The molecule has 116 valence electrons. The molecule has 2 heterocycles. The first-order valence-corrected chi connectivity index (χ1v) is 8.00. The second kappa shape index (κ2) is 6.12. The molecule has 1 aromatic carbocycles. The van der Waals surface area contributed by atoms with Gasteiger partial charge >= 0.3 is 0 Å². The van der Waals surface area contributed by atoms with Crippen molar-refractivity contribution < 1.29 is 19.3 Å². The van der Waals surface area contributed by atoms with Crippen LogP contribution in [0.2, 0.25) is 0 Å². The predicted molar refractivity (Wildman–Crippen MR) is 81.6 cm³/mol. The van der Waals surface area contributed by atoms with Crippen LogP contribution in [0.5, 0.6) is 11.5 Å². The average Bonchev–Trinajstić information content (AvgIpc) is 2.86. The van der Waals surface area contributed by atoms with Gasteiger partial charge in [-0.1, -0.05) is 0 Å². The van der Waals surface area contributed by atoms with Crippen molar-refractivity contribution in [3.05, 3.63) is 22.2 Å². The fourth-order valence-electron chi connectivity index (χ4n) is 2.87. The minimum Gasteiger partial charge on any atom is -0.490 e. The fraction of sp³-hybridized carbons (Fsp3) is 0.600. The van der Waals surface area contributed by atoms with E-state index in [9.17, 15) is 5.11 Å². The van der Waals surface area contributed by atoms with E-state index >= 15 is 0 Å². The highest BCUT2D eigenvalue weighted by molar-refractivity contribution is 9.10. The maximum Gasteiger partial charge on any atom is 0.175 e. The van der Waals surface area contributed by atoms with Crippen LogP contribution in [0.25, 0.3) is 0 Å². The van der Waals surface area contributed by atoms with E-state index in [4.69, 9.17) is 19.9 Å². The van der Waals surface area contributed by atoms with E-state index in [0.717, 1.165) is 22.9 Å². The number of aliphatic hydroxyl groups excluding tert-OH is 1. The van der Waals surface area contributed by atoms with Gasteiger partial charge in [0.2, 0.25) is 0 Å². The van der Waals surface area contributed by atoms with E-state index in [1.807, 2.05) is 12.1 Å². The number of rotatable bonds is 3. The summed E-state index contributed by atoms with van der Waals surface area (Å²) < 4.78 is 17.7. The highest BCUT2D eigenvalue weighted by Crippen LogP contribution is 2.45. The van der Waals surface area contributed by atoms with Crippen LogP contribution in [-0.2, 0) is 4.74 Å². The van der Waals surface area contributed by atoms with Crippen molar-refractivity contribution in [1.29, 1.82) is 0 Å². The number of halogens is 1. The molecule has 1 fully saturated rings. The first-order valence-electron chi connectivity index (χ1n) is 7.21. The summed E-state index contributed by atoms with van der Waals surface area (Å²) in [7, 11) is 0. The summed E-state index contributed by atoms with van der Waals surface area (Å²) >= 11 is 3.51. The van der Waals surface area contributed by atoms with Gasteiger partial charge in [0.15, 0.2) is 11.5 Å². The summed E-state index contributed by atoms with van der Waals surface area (Å²) in [6, 6.07) is 3.74. The topological polar surface area (TPSA) is 73.9 Å². The van der Waals surface area contributed by atoms with Crippen molar-refractivity contribution in [2.75, 3.05) is 33.0 Å². The van der Waals surface area contributed by atoms with Crippen LogP contribution in [0.15, 0.2) is 16.6 Å². The highest BCUT2D eigenvalue weighted by atomic mass is 79.9. The van der Waals surface area contributed by atoms with E-state index in [1.54, 1.807) is 0 Å². The Hall–Kier alpha value is -0.820. The first kappa shape index (κ1) is 15.1. The monoisotopic (exact) mass is 357 g/mol. The van der Waals surface area contributed by atoms with E-state index in [0.29, 0.717) is 44.5 Å². The lowest BCUT2D eigenvalue weighted by Gasteiger charge is -2.32. The zero-order chi connectivity index (χ0) is 14.9. The summed E-state index contributed by atoms with van der Waals surface area (Å²) in [5.74, 6) is 1.37. The highest BCUT2D eigenvalue weighted by Gasteiger charge is 2.41. The Morgan fingerprint density at radius 3 is 2.81 bits per heavy atom. The van der Waals surface area contributed by atoms with Crippen molar-refractivity contribution in [3.63, 3.8) is 0 Å². The van der Waals surface area contributed by atoms with Gasteiger partial charge in [0.25, 0.3) is 0 Å². The summed E-state index contributed by atoms with van der Waals surface area (Å²) in [4.78, 5) is 0. The number of ether oxygens (including phenoxy) is 3. The summed E-state index contributed by atoms with van der Waals surface area (Å²) in [5, 5.41) is 10.8. The van der Waals surface area contributed by atoms with E-state index in [1.165, 1.54) is 0 Å². The van der Waals surface area contributed by atoms with E-state index in [2.05, 4.69) is 15.9 Å². The number of aliphatic hydroxyl groups is 1. The van der Waals surface area contributed by atoms with Crippen molar-refractivity contribution in [1.82, 2.24) is 0 Å². The fourth-order valence-corrected chi connectivity index (χ4v) is 3.45. The van der Waals surface area contributed by atoms with Gasteiger partial charge in [0, 0.05) is 25.0 Å². The molecule has 0 saturated carbocycles. The third-order valence-electron chi connectivity index (χ3n) is 4.26. The lowest BCUT2D eigenvalue weighted by Crippen LogP contribution is -2.37. The van der Waals surface area contributed by atoms with Gasteiger partial charge in [0.1, 0.15) is 0 Å². The number of hydrogen-bond donors (Lipinski definition) is 2. The van der Waals surface area contributed by atoms with Crippen LogP contribution < -0.4 is 15.2 Å². The zero-order valence-corrected chi connectivity index (χ0v) is 13.4. The Kier molecular flexibility index (Phi) is 4.40. The molecule has 0 aromatic heterocycles. The molecule has 0 aliphatic carbocycles. The molecule has 2 aliphatic rings. The lowest BCUT2D eigenvalue weighted by atomic mass is 9.78. The largest absolute Gasteiger partial charge is 0.490 e. The molecule has 3 N–H and O–H groups in total. The number of fused-ring (bicyclic) bond motifs is 1. The molecule has 2 atom stereocenters. The Bertz CT molecular complexity index is 517. The third kappa shape index (κ3) is 2.77. The molecule has 21 heavy (non-hydrogen) atoms. The van der Waals surface area contributed by atoms with Gasteiger partial charge in [-0.2, -0.15) is 0 Å². The van der Waals surface area contributed by atoms with Gasteiger partial charge in [-0.15, -0.1) is 0 Å². The molecule has 5 nitrogen and oxygen atoms in total. The molecule has 0 radical (unpaired) electrons. The smallest absolute Gasteiger partial charge is 0.175 e. The molecule has 0 bridgehead atoms. The number of nitrogens with two attached hydrogens (primary N) is 1. The molecule has 2 unspecified atom stereocenters. The minimum absolute atomic E-state index is 0.389. The Labute approximate surface area is 132 Å². The van der Waals surface area contributed by atoms with E-state index in [-0.39, 0.29) is 0 Å². The number of hydrogen-bond acceptors (Lipinski definition) is 5. The van der Waals surface area contributed by atoms with Crippen LogP contribution in [0.1, 0.15) is 24.5 Å². The molecule has 6 heteroatoms. The van der Waals surface area contributed by atoms with Gasteiger partial charge in [-0.25, -0.2) is 0 Å². The van der Waals surface area contributed by atoms with Gasteiger partial charge in [0.05, 0.1) is 30.4 Å². The van der Waals surface area contributed by atoms with Crippen LogP contribution >= 0.6 is 15.9 Å². The van der Waals surface area contributed by atoms with Gasteiger partial charge in [-0.3, -0.25) is 0 Å². The molecule has 2 aliphatic heterocycles. The third-order valence-corrected chi connectivity index (χ3v) is 4.85. The van der Waals surface area contributed by atoms with Crippen molar-refractivity contribution >= 4 is 15.9 Å². The summed E-state index contributed by atoms with van der Waals surface area (Å²) in [5.41, 5.74) is 6.26. The Morgan fingerprint density at radius 1 is 1.29 bits per heavy atom. The first-order chi connectivity index (χ1) is 10.2. The minimum atomic E-state index is -0.682. The molecule has 0 spiro atoms. The van der Waals surface area contributed by atoms with Crippen molar-refractivity contribution in [2.24, 2.45) is 11.1 Å². The predicted octanol–water partition coefficient (Wildman–Crippen LogP) is 2.01. The average molecular weight is 358 g/mol. The van der Waals surface area contributed by atoms with Crippen molar-refractivity contribution in [2.45, 2.75) is 18.9 Å². The van der Waals surface area contributed by atoms with Crippen molar-refractivity contribution in [3.8, 4) is 11.5 Å². The lowest BCUT2D eigenvalue weighted by molar-refractivity contribution is 0.0189. The second-order valence-corrected chi connectivity index (χ2v) is 6.51. The molecule has 3 rings (SSSR count). The molecular weight excluding hydrogens is 338 g/mol. The van der Waals surface area contributed by atoms with Crippen LogP contribution in [0.3, 0.4) is 0 Å². The Balaban J connectivity index is 1.95. The Morgan fingerprint density at radius 2 is 2.10 bits per heavy atom. The maximum atomic E-state index is 10.8.